The first-order chi connectivity index (χ1) is 9.04. The molecule has 5 heteroatoms. The maximum atomic E-state index is 12.6. The third-order valence-electron chi connectivity index (χ3n) is 3.28. The number of nitrogens with zero attached hydrogens (tertiary/aromatic N) is 1. The molecule has 0 aliphatic heterocycles. The van der Waals surface area contributed by atoms with Crippen molar-refractivity contribution in [1.29, 1.82) is 0 Å². The minimum atomic E-state index is -0.0600. The Bertz CT molecular complexity index is 487. The van der Waals surface area contributed by atoms with Crippen LogP contribution in [0.5, 0.6) is 0 Å². The first kappa shape index (κ1) is 14.5. The Morgan fingerprint density at radius 3 is 2.68 bits per heavy atom. The molecule has 1 fully saturated rings. The largest absolute Gasteiger partial charge is 0.399 e. The molecule has 2 rings (SSSR count). The molecule has 1 aromatic carbocycles. The van der Waals surface area contributed by atoms with Gasteiger partial charge in [-0.25, -0.2) is 0 Å². The second-order valence-corrected chi connectivity index (χ2v) is 5.73. The van der Waals surface area contributed by atoms with Crippen molar-refractivity contribution in [3.63, 3.8) is 0 Å². The molecule has 3 nitrogen and oxygen atoms in total. The quantitative estimate of drug-likeness (QED) is 0.836. The number of nitrogens with two attached hydrogens (primary N) is 1. The van der Waals surface area contributed by atoms with E-state index in [0.717, 1.165) is 32.2 Å². The van der Waals surface area contributed by atoms with Crippen LogP contribution in [0, 0.1) is 0 Å². The summed E-state index contributed by atoms with van der Waals surface area (Å²) in [7, 11) is 0. The van der Waals surface area contributed by atoms with Crippen molar-refractivity contribution >= 4 is 34.8 Å². The predicted octanol–water partition coefficient (Wildman–Crippen LogP) is 3.98. The third-order valence-corrected chi connectivity index (χ3v) is 4.08. The highest BCUT2D eigenvalue weighted by Gasteiger charge is 2.33. The molecular weight excluding hydrogens is 283 g/mol. The number of benzene rings is 1. The maximum absolute atomic E-state index is 12.6. The summed E-state index contributed by atoms with van der Waals surface area (Å²) in [5.74, 6) is -0.0600. The number of amides is 1. The van der Waals surface area contributed by atoms with Gasteiger partial charge in [0.1, 0.15) is 0 Å². The highest BCUT2D eigenvalue weighted by molar-refractivity contribution is 6.44. The van der Waals surface area contributed by atoms with Gasteiger partial charge in [-0.1, -0.05) is 36.5 Å². The van der Waals surface area contributed by atoms with E-state index in [-0.39, 0.29) is 5.91 Å². The second-order valence-electron chi connectivity index (χ2n) is 4.95. The van der Waals surface area contributed by atoms with Gasteiger partial charge in [-0.2, -0.15) is 0 Å². The molecule has 1 aromatic rings. The number of rotatable bonds is 5. The van der Waals surface area contributed by atoms with Crippen molar-refractivity contribution in [2.45, 2.75) is 38.6 Å². The molecule has 0 radical (unpaired) electrons. The van der Waals surface area contributed by atoms with Crippen LogP contribution in [0.2, 0.25) is 10.0 Å². The fourth-order valence-corrected chi connectivity index (χ4v) is 2.50. The molecule has 0 saturated heterocycles. The molecule has 1 aliphatic carbocycles. The summed E-state index contributed by atoms with van der Waals surface area (Å²) in [5, 5.41) is 0.624. The molecule has 1 aliphatic rings. The van der Waals surface area contributed by atoms with Gasteiger partial charge >= 0.3 is 0 Å². The highest BCUT2D eigenvalue weighted by Crippen LogP contribution is 2.33. The summed E-state index contributed by atoms with van der Waals surface area (Å²) in [5.41, 5.74) is 6.62. The Morgan fingerprint density at radius 2 is 2.11 bits per heavy atom. The number of unbranched alkanes of at least 4 members (excludes halogenated alkanes) is 1. The van der Waals surface area contributed by atoms with E-state index in [0.29, 0.717) is 27.3 Å². The van der Waals surface area contributed by atoms with Gasteiger partial charge < -0.3 is 10.6 Å². The lowest BCUT2D eigenvalue weighted by Gasteiger charge is -2.23. The molecule has 104 valence electrons. The van der Waals surface area contributed by atoms with Gasteiger partial charge in [-0.15, -0.1) is 0 Å². The minimum Gasteiger partial charge on any atom is -0.399 e. The molecule has 0 aromatic heterocycles. The van der Waals surface area contributed by atoms with Crippen molar-refractivity contribution in [3.8, 4) is 0 Å². The SMILES string of the molecule is CCCCN(C(=O)c1cc(N)cc(Cl)c1Cl)C1CC1. The summed E-state index contributed by atoms with van der Waals surface area (Å²) in [6.07, 6.45) is 4.20. The Balaban J connectivity index is 2.26. The van der Waals surface area contributed by atoms with Gasteiger partial charge in [-0.3, -0.25) is 4.79 Å². The van der Waals surface area contributed by atoms with Crippen LogP contribution in [0.25, 0.3) is 0 Å². The van der Waals surface area contributed by atoms with Crippen LogP contribution in [0.4, 0.5) is 5.69 Å². The highest BCUT2D eigenvalue weighted by atomic mass is 35.5. The van der Waals surface area contributed by atoms with Crippen LogP contribution in [-0.2, 0) is 0 Å². The van der Waals surface area contributed by atoms with Gasteiger partial charge in [0.2, 0.25) is 0 Å². The maximum Gasteiger partial charge on any atom is 0.255 e. The fourth-order valence-electron chi connectivity index (χ4n) is 2.08. The minimum absolute atomic E-state index is 0.0600. The molecule has 1 saturated carbocycles. The van der Waals surface area contributed by atoms with E-state index in [1.807, 2.05) is 4.90 Å². The first-order valence-electron chi connectivity index (χ1n) is 6.60. The lowest BCUT2D eigenvalue weighted by Crippen LogP contribution is -2.34. The molecular formula is C14H18Cl2N2O. The Morgan fingerprint density at radius 1 is 1.42 bits per heavy atom. The zero-order valence-electron chi connectivity index (χ0n) is 11.0. The van der Waals surface area contributed by atoms with Crippen LogP contribution in [0.1, 0.15) is 43.0 Å². The predicted molar refractivity (Wildman–Crippen MR) is 79.8 cm³/mol. The van der Waals surface area contributed by atoms with Gasteiger partial charge in [0, 0.05) is 18.3 Å². The van der Waals surface area contributed by atoms with Gasteiger partial charge in [-0.05, 0) is 31.4 Å². The number of hydrogen-bond donors (Lipinski definition) is 1. The van der Waals surface area contributed by atoms with Crippen molar-refractivity contribution in [1.82, 2.24) is 4.90 Å². The number of halogens is 2. The Labute approximate surface area is 123 Å². The van der Waals surface area contributed by atoms with Crippen LogP contribution < -0.4 is 5.73 Å². The van der Waals surface area contributed by atoms with Gasteiger partial charge in [0.05, 0.1) is 15.6 Å². The van der Waals surface area contributed by atoms with E-state index in [1.54, 1.807) is 12.1 Å². The normalized spacial score (nSPS) is 14.5. The van der Waals surface area contributed by atoms with E-state index >= 15 is 0 Å². The molecule has 0 atom stereocenters. The zero-order chi connectivity index (χ0) is 14.0. The monoisotopic (exact) mass is 300 g/mol. The topological polar surface area (TPSA) is 46.3 Å². The first-order valence-corrected chi connectivity index (χ1v) is 7.35. The molecule has 19 heavy (non-hydrogen) atoms. The smallest absolute Gasteiger partial charge is 0.255 e. The van der Waals surface area contributed by atoms with E-state index in [9.17, 15) is 4.79 Å². The fraction of sp³-hybridized carbons (Fsp3) is 0.500. The number of carbonyl (C=O) groups excluding carboxylic acids is 1. The summed E-state index contributed by atoms with van der Waals surface area (Å²) in [6, 6.07) is 3.53. The molecule has 1 amide bonds. The number of carbonyl (C=O) groups is 1. The van der Waals surface area contributed by atoms with E-state index < -0.39 is 0 Å². The Hall–Kier alpha value is -0.930. The van der Waals surface area contributed by atoms with Crippen molar-refractivity contribution in [3.05, 3.63) is 27.7 Å². The molecule has 0 bridgehead atoms. The molecule has 0 unspecified atom stereocenters. The van der Waals surface area contributed by atoms with Crippen molar-refractivity contribution in [2.75, 3.05) is 12.3 Å². The van der Waals surface area contributed by atoms with Gasteiger partial charge in [0.15, 0.2) is 0 Å². The average Bonchev–Trinajstić information content (AvgIpc) is 3.18. The zero-order valence-corrected chi connectivity index (χ0v) is 12.5. The summed E-state index contributed by atoms with van der Waals surface area (Å²) < 4.78 is 0. The second kappa shape index (κ2) is 6.02. The standard InChI is InChI=1S/C14H18Cl2N2O/c1-2-3-6-18(10-4-5-10)14(19)11-7-9(17)8-12(15)13(11)16/h7-8,10H,2-6,17H2,1H3. The van der Waals surface area contributed by atoms with Crippen molar-refractivity contribution in [2.24, 2.45) is 0 Å². The van der Waals surface area contributed by atoms with Crippen molar-refractivity contribution < 1.29 is 4.79 Å². The van der Waals surface area contributed by atoms with Crippen LogP contribution >= 0.6 is 23.2 Å². The number of nitrogen functional groups attached to an aromatic ring is 1. The molecule has 0 heterocycles. The third kappa shape index (κ3) is 3.34. The van der Waals surface area contributed by atoms with E-state index in [2.05, 4.69) is 6.92 Å². The summed E-state index contributed by atoms with van der Waals surface area (Å²) >= 11 is 12.1. The van der Waals surface area contributed by atoms with Gasteiger partial charge in [0.25, 0.3) is 5.91 Å². The number of hydrogen-bond acceptors (Lipinski definition) is 2. The summed E-state index contributed by atoms with van der Waals surface area (Å²) in [4.78, 5) is 14.5. The lowest BCUT2D eigenvalue weighted by molar-refractivity contribution is 0.0741. The average molecular weight is 301 g/mol. The summed E-state index contributed by atoms with van der Waals surface area (Å²) in [6.45, 7) is 2.88. The van der Waals surface area contributed by atoms with Crippen LogP contribution in [0.3, 0.4) is 0 Å². The van der Waals surface area contributed by atoms with Crippen LogP contribution in [0.15, 0.2) is 12.1 Å². The lowest BCUT2D eigenvalue weighted by atomic mass is 10.1. The molecule has 2 N–H and O–H groups in total. The van der Waals surface area contributed by atoms with E-state index in [1.165, 1.54) is 0 Å². The van der Waals surface area contributed by atoms with Crippen LogP contribution in [-0.4, -0.2) is 23.4 Å². The Kier molecular flexibility index (Phi) is 4.58. The van der Waals surface area contributed by atoms with E-state index in [4.69, 9.17) is 28.9 Å². The molecule has 0 spiro atoms. The number of anilines is 1.